The zero-order chi connectivity index (χ0) is 17.2. The third kappa shape index (κ3) is 3.66. The van der Waals surface area contributed by atoms with Crippen LogP contribution in [0.5, 0.6) is 5.75 Å². The minimum absolute atomic E-state index is 0.0636. The molecule has 2 amide bonds. The molecule has 2 aromatic carbocycles. The first-order valence-corrected chi connectivity index (χ1v) is 9.01. The highest BCUT2D eigenvalue weighted by Gasteiger charge is 2.24. The number of hydrogen-bond acceptors (Lipinski definition) is 6. The molecule has 0 aliphatic carbocycles. The summed E-state index contributed by atoms with van der Waals surface area (Å²) in [4.78, 5) is 22.9. The van der Waals surface area contributed by atoms with Crippen molar-refractivity contribution in [2.75, 3.05) is 0 Å². The molecule has 1 fully saturated rings. The molecule has 3 rings (SSSR count). The Morgan fingerprint density at radius 3 is 2.21 bits per heavy atom. The van der Waals surface area contributed by atoms with Crippen LogP contribution < -0.4 is 9.50 Å². The van der Waals surface area contributed by atoms with E-state index < -0.39 is 21.3 Å². The predicted molar refractivity (Wildman–Crippen MR) is 89.8 cm³/mol. The third-order valence-electron chi connectivity index (χ3n) is 3.06. The van der Waals surface area contributed by atoms with E-state index in [1.807, 2.05) is 0 Å². The zero-order valence-electron chi connectivity index (χ0n) is 12.1. The fraction of sp³-hybridized carbons (Fsp3) is 0. The van der Waals surface area contributed by atoms with Gasteiger partial charge in [0.15, 0.2) is 0 Å². The van der Waals surface area contributed by atoms with Crippen LogP contribution in [-0.4, -0.2) is 19.6 Å². The first-order valence-electron chi connectivity index (χ1n) is 6.78. The van der Waals surface area contributed by atoms with Gasteiger partial charge in [-0.15, -0.1) is 0 Å². The Balaban J connectivity index is 1.77. The van der Waals surface area contributed by atoms with Crippen LogP contribution in [0.25, 0.3) is 6.08 Å². The number of imide groups is 1. The van der Waals surface area contributed by atoms with E-state index in [0.717, 1.165) is 11.8 Å². The van der Waals surface area contributed by atoms with E-state index in [4.69, 9.17) is 4.18 Å². The van der Waals surface area contributed by atoms with Gasteiger partial charge in [-0.05, 0) is 47.7 Å². The van der Waals surface area contributed by atoms with Crippen LogP contribution in [0.3, 0.4) is 0 Å². The molecule has 1 heterocycles. The van der Waals surface area contributed by atoms with Gasteiger partial charge >= 0.3 is 10.1 Å². The number of hydrogen-bond donors (Lipinski definition) is 1. The van der Waals surface area contributed by atoms with E-state index in [-0.39, 0.29) is 15.6 Å². The first-order chi connectivity index (χ1) is 11.4. The van der Waals surface area contributed by atoms with Crippen LogP contribution in [0.15, 0.2) is 64.4 Å². The number of thioether (sulfide) groups is 1. The molecule has 8 heteroatoms. The van der Waals surface area contributed by atoms with Gasteiger partial charge < -0.3 is 4.18 Å². The second kappa shape index (κ2) is 6.50. The molecule has 0 radical (unpaired) electrons. The number of carbonyl (C=O) groups excluding carboxylic acids is 2. The molecule has 0 bridgehead atoms. The standard InChI is InChI=1S/C16H11NO5S2/c18-15-14(23-16(19)17-15)10-11-6-8-12(9-7-11)22-24(20,21)13-4-2-1-3-5-13/h1-10H,(H,17,18,19)/b14-10-. The molecule has 1 aliphatic rings. The average Bonchev–Trinajstić information content (AvgIpc) is 2.87. The summed E-state index contributed by atoms with van der Waals surface area (Å²) < 4.78 is 29.3. The normalized spacial score (nSPS) is 16.2. The van der Waals surface area contributed by atoms with Crippen molar-refractivity contribution in [3.05, 3.63) is 65.1 Å². The summed E-state index contributed by atoms with van der Waals surface area (Å²) in [6.45, 7) is 0. The van der Waals surface area contributed by atoms with Gasteiger partial charge in [0.05, 0.1) is 4.91 Å². The van der Waals surface area contributed by atoms with Gasteiger partial charge in [-0.1, -0.05) is 30.3 Å². The Hall–Kier alpha value is -2.58. The molecule has 122 valence electrons. The molecule has 1 N–H and O–H groups in total. The maximum atomic E-state index is 12.1. The Labute approximate surface area is 142 Å². The predicted octanol–water partition coefficient (Wildman–Crippen LogP) is 2.78. The second-order valence-electron chi connectivity index (χ2n) is 4.77. The number of carbonyl (C=O) groups is 2. The lowest BCUT2D eigenvalue weighted by atomic mass is 10.2. The van der Waals surface area contributed by atoms with Crippen LogP contribution in [0.1, 0.15) is 5.56 Å². The lowest BCUT2D eigenvalue weighted by Gasteiger charge is -2.07. The second-order valence-corrected chi connectivity index (χ2v) is 7.33. The van der Waals surface area contributed by atoms with E-state index in [2.05, 4.69) is 5.32 Å². The van der Waals surface area contributed by atoms with Gasteiger partial charge in [0.25, 0.3) is 11.1 Å². The van der Waals surface area contributed by atoms with Crippen LogP contribution >= 0.6 is 11.8 Å². The van der Waals surface area contributed by atoms with Crippen molar-refractivity contribution in [3.8, 4) is 5.75 Å². The Kier molecular flexibility index (Phi) is 4.41. The molecule has 24 heavy (non-hydrogen) atoms. The molecule has 2 aromatic rings. The van der Waals surface area contributed by atoms with Crippen LogP contribution in [0.2, 0.25) is 0 Å². The summed E-state index contributed by atoms with van der Waals surface area (Å²) >= 11 is 0.814. The largest absolute Gasteiger partial charge is 0.379 e. The molecule has 0 spiro atoms. The van der Waals surface area contributed by atoms with Crippen molar-refractivity contribution in [3.63, 3.8) is 0 Å². The summed E-state index contributed by atoms with van der Waals surface area (Å²) in [6.07, 6.45) is 1.54. The number of nitrogens with one attached hydrogen (secondary N) is 1. The van der Waals surface area contributed by atoms with E-state index in [9.17, 15) is 18.0 Å². The van der Waals surface area contributed by atoms with Gasteiger partial charge in [-0.2, -0.15) is 8.42 Å². The molecule has 6 nitrogen and oxygen atoms in total. The molecular weight excluding hydrogens is 350 g/mol. The smallest absolute Gasteiger partial charge is 0.339 e. The zero-order valence-corrected chi connectivity index (χ0v) is 13.8. The monoisotopic (exact) mass is 361 g/mol. The Morgan fingerprint density at radius 1 is 0.958 bits per heavy atom. The van der Waals surface area contributed by atoms with Crippen LogP contribution in [0.4, 0.5) is 4.79 Å². The van der Waals surface area contributed by atoms with Crippen molar-refractivity contribution in [2.24, 2.45) is 0 Å². The Bertz CT molecular complexity index is 919. The fourth-order valence-corrected chi connectivity index (χ4v) is 3.59. The molecule has 0 atom stereocenters. The molecule has 0 saturated carbocycles. The van der Waals surface area contributed by atoms with Gasteiger partial charge in [0, 0.05) is 0 Å². The van der Waals surface area contributed by atoms with Crippen molar-refractivity contribution in [1.82, 2.24) is 5.32 Å². The number of benzene rings is 2. The third-order valence-corrected chi connectivity index (χ3v) is 5.13. The van der Waals surface area contributed by atoms with E-state index in [0.29, 0.717) is 5.56 Å². The maximum Gasteiger partial charge on any atom is 0.339 e. The lowest BCUT2D eigenvalue weighted by molar-refractivity contribution is -0.115. The SMILES string of the molecule is O=C1NC(=O)/C(=C/c2ccc(OS(=O)(=O)c3ccccc3)cc2)S1. The van der Waals surface area contributed by atoms with Gasteiger partial charge in [-0.3, -0.25) is 14.9 Å². The lowest BCUT2D eigenvalue weighted by Crippen LogP contribution is -2.17. The molecule has 1 saturated heterocycles. The Morgan fingerprint density at radius 2 is 1.62 bits per heavy atom. The highest BCUT2D eigenvalue weighted by atomic mass is 32.2. The van der Waals surface area contributed by atoms with E-state index in [1.165, 1.54) is 24.3 Å². The van der Waals surface area contributed by atoms with E-state index >= 15 is 0 Å². The molecule has 1 aliphatic heterocycles. The highest BCUT2D eigenvalue weighted by Crippen LogP contribution is 2.26. The van der Waals surface area contributed by atoms with Crippen LogP contribution in [-0.2, 0) is 14.9 Å². The van der Waals surface area contributed by atoms with Gasteiger partial charge in [-0.25, -0.2) is 0 Å². The summed E-state index contributed by atoms with van der Waals surface area (Å²) in [6, 6.07) is 14.0. The molecule has 0 aromatic heterocycles. The number of rotatable bonds is 4. The number of amides is 2. The summed E-state index contributed by atoms with van der Waals surface area (Å²) in [5.74, 6) is -0.294. The van der Waals surface area contributed by atoms with Crippen molar-refractivity contribution in [1.29, 1.82) is 0 Å². The average molecular weight is 361 g/mol. The molecule has 0 unspecified atom stereocenters. The van der Waals surface area contributed by atoms with Crippen molar-refractivity contribution < 1.29 is 22.2 Å². The quantitative estimate of drug-likeness (QED) is 0.665. The fourth-order valence-electron chi connectivity index (χ4n) is 1.95. The minimum Gasteiger partial charge on any atom is -0.379 e. The summed E-state index contributed by atoms with van der Waals surface area (Å²) in [5.41, 5.74) is 0.645. The van der Waals surface area contributed by atoms with Gasteiger partial charge in [0.1, 0.15) is 10.6 Å². The minimum atomic E-state index is -3.89. The first kappa shape index (κ1) is 16.3. The van der Waals surface area contributed by atoms with Crippen molar-refractivity contribution >= 4 is 39.1 Å². The topological polar surface area (TPSA) is 89.5 Å². The maximum absolute atomic E-state index is 12.1. The summed E-state index contributed by atoms with van der Waals surface area (Å²) in [5, 5.41) is 1.74. The van der Waals surface area contributed by atoms with Gasteiger partial charge in [0.2, 0.25) is 0 Å². The van der Waals surface area contributed by atoms with Crippen molar-refractivity contribution in [2.45, 2.75) is 4.90 Å². The highest BCUT2D eigenvalue weighted by molar-refractivity contribution is 8.18. The van der Waals surface area contributed by atoms with E-state index in [1.54, 1.807) is 36.4 Å². The van der Waals surface area contributed by atoms with Crippen LogP contribution in [0, 0.1) is 0 Å². The summed E-state index contributed by atoms with van der Waals surface area (Å²) in [7, 11) is -3.89. The molecular formula is C16H11NO5S2.